The van der Waals surface area contributed by atoms with E-state index in [1.54, 1.807) is 18.2 Å². The van der Waals surface area contributed by atoms with Gasteiger partial charge < -0.3 is 9.84 Å². The Hall–Kier alpha value is -2.58. The molecule has 0 fully saturated rings. The van der Waals surface area contributed by atoms with E-state index in [4.69, 9.17) is 15.1 Å². The number of carboxylic acids is 1. The van der Waals surface area contributed by atoms with Gasteiger partial charge in [0.05, 0.1) is 11.6 Å². The number of carboxylic acid groups (broad SMARTS) is 1. The van der Waals surface area contributed by atoms with Crippen molar-refractivity contribution in [3.63, 3.8) is 0 Å². The van der Waals surface area contributed by atoms with Crippen LogP contribution in [0.4, 0.5) is 0 Å². The van der Waals surface area contributed by atoms with Gasteiger partial charge in [-0.15, -0.1) is 11.3 Å². The van der Waals surface area contributed by atoms with E-state index in [9.17, 15) is 4.79 Å². The summed E-state index contributed by atoms with van der Waals surface area (Å²) in [5, 5.41) is 17.5. The maximum Gasteiger partial charge on any atom is 0.328 e. The predicted octanol–water partition coefficient (Wildman–Crippen LogP) is 3.61. The van der Waals surface area contributed by atoms with E-state index < -0.39 is 5.97 Å². The van der Waals surface area contributed by atoms with Gasteiger partial charge in [-0.05, 0) is 42.8 Å². The van der Waals surface area contributed by atoms with Crippen LogP contribution in [0.5, 0.6) is 5.75 Å². The molecule has 0 aliphatic rings. The van der Waals surface area contributed by atoms with Crippen LogP contribution in [0.2, 0.25) is 0 Å². The van der Waals surface area contributed by atoms with Crippen molar-refractivity contribution in [1.29, 1.82) is 5.26 Å². The van der Waals surface area contributed by atoms with E-state index >= 15 is 0 Å². The van der Waals surface area contributed by atoms with Gasteiger partial charge in [0.2, 0.25) is 0 Å². The predicted molar refractivity (Wildman–Crippen MR) is 81.2 cm³/mol. The second kappa shape index (κ2) is 6.73. The normalized spacial score (nSPS) is 10.5. The summed E-state index contributed by atoms with van der Waals surface area (Å²) in [5.74, 6) is -0.282. The Labute approximate surface area is 126 Å². The minimum absolute atomic E-state index is 0.390. The summed E-state index contributed by atoms with van der Waals surface area (Å²) >= 11 is 1.47. The lowest BCUT2D eigenvalue weighted by molar-refractivity contribution is -0.131. The molecule has 0 bridgehead atoms. The number of benzene rings is 1. The van der Waals surface area contributed by atoms with Crippen LogP contribution in [0.25, 0.3) is 6.08 Å². The molecule has 0 atom stereocenters. The molecule has 2 aromatic rings. The first kappa shape index (κ1) is 14.8. The minimum atomic E-state index is -0.967. The molecule has 0 saturated carbocycles. The molecule has 0 saturated heterocycles. The maximum atomic E-state index is 10.5. The molecule has 106 valence electrons. The molecule has 0 aliphatic heterocycles. The number of nitriles is 1. The molecule has 4 nitrogen and oxygen atoms in total. The molecular weight excluding hydrogens is 286 g/mol. The lowest BCUT2D eigenvalue weighted by atomic mass is 10.1. The fourth-order valence-electron chi connectivity index (χ4n) is 1.69. The summed E-state index contributed by atoms with van der Waals surface area (Å²) in [5.41, 5.74) is 1.53. The summed E-state index contributed by atoms with van der Waals surface area (Å²) in [6.45, 7) is 2.31. The SMILES string of the molecule is Cc1ccc(C#N)cc1OCc1ccc(/C=C/C(=O)O)s1. The first-order valence-corrected chi connectivity index (χ1v) is 7.03. The first-order valence-electron chi connectivity index (χ1n) is 6.22. The van der Waals surface area contributed by atoms with Gasteiger partial charge in [-0.3, -0.25) is 0 Å². The molecule has 1 aromatic heterocycles. The van der Waals surface area contributed by atoms with Gasteiger partial charge in [0.25, 0.3) is 0 Å². The Morgan fingerprint density at radius 2 is 2.24 bits per heavy atom. The minimum Gasteiger partial charge on any atom is -0.488 e. The fraction of sp³-hybridized carbons (Fsp3) is 0.125. The highest BCUT2D eigenvalue weighted by molar-refractivity contribution is 7.12. The quantitative estimate of drug-likeness (QED) is 0.856. The fourth-order valence-corrected chi connectivity index (χ4v) is 2.52. The van der Waals surface area contributed by atoms with Gasteiger partial charge in [0.1, 0.15) is 12.4 Å². The third-order valence-corrected chi connectivity index (χ3v) is 3.78. The maximum absolute atomic E-state index is 10.5. The number of thiophene rings is 1. The zero-order chi connectivity index (χ0) is 15.2. The van der Waals surface area contributed by atoms with E-state index in [2.05, 4.69) is 6.07 Å². The smallest absolute Gasteiger partial charge is 0.328 e. The Balaban J connectivity index is 2.04. The van der Waals surface area contributed by atoms with E-state index in [0.29, 0.717) is 17.9 Å². The summed E-state index contributed by atoms with van der Waals surface area (Å²) in [6.07, 6.45) is 2.66. The van der Waals surface area contributed by atoms with Crippen LogP contribution in [0.3, 0.4) is 0 Å². The Morgan fingerprint density at radius 1 is 1.43 bits per heavy atom. The second-order valence-corrected chi connectivity index (χ2v) is 5.56. The number of aryl methyl sites for hydroxylation is 1. The van der Waals surface area contributed by atoms with Crippen molar-refractivity contribution in [3.8, 4) is 11.8 Å². The van der Waals surface area contributed by atoms with Gasteiger partial charge in [0, 0.05) is 15.8 Å². The zero-order valence-electron chi connectivity index (χ0n) is 11.4. The first-order chi connectivity index (χ1) is 10.1. The summed E-state index contributed by atoms with van der Waals surface area (Å²) in [7, 11) is 0. The standard InChI is InChI=1S/C16H13NO3S/c1-11-2-3-12(9-17)8-15(11)20-10-14-5-4-13(21-14)6-7-16(18)19/h2-8H,10H2,1H3,(H,18,19)/b7-6+. The zero-order valence-corrected chi connectivity index (χ0v) is 12.2. The Morgan fingerprint density at radius 3 is 2.95 bits per heavy atom. The highest BCUT2D eigenvalue weighted by atomic mass is 32.1. The molecule has 1 N–H and O–H groups in total. The van der Waals surface area contributed by atoms with Crippen molar-refractivity contribution in [1.82, 2.24) is 0 Å². The summed E-state index contributed by atoms with van der Waals surface area (Å²) in [6, 6.07) is 11.1. The van der Waals surface area contributed by atoms with Crippen molar-refractivity contribution < 1.29 is 14.6 Å². The topological polar surface area (TPSA) is 70.3 Å². The Kier molecular flexibility index (Phi) is 4.75. The molecule has 0 aliphatic carbocycles. The van der Waals surface area contributed by atoms with Crippen LogP contribution < -0.4 is 4.74 Å². The van der Waals surface area contributed by atoms with Gasteiger partial charge in [-0.1, -0.05) is 6.07 Å². The van der Waals surface area contributed by atoms with E-state index in [1.807, 2.05) is 25.1 Å². The number of rotatable bonds is 5. The molecule has 21 heavy (non-hydrogen) atoms. The molecule has 0 spiro atoms. The molecule has 1 aromatic carbocycles. The Bertz CT molecular complexity index is 725. The van der Waals surface area contributed by atoms with Gasteiger partial charge in [-0.25, -0.2) is 4.79 Å². The molecule has 0 unspecified atom stereocenters. The second-order valence-electron chi connectivity index (χ2n) is 4.36. The number of nitrogens with zero attached hydrogens (tertiary/aromatic N) is 1. The highest BCUT2D eigenvalue weighted by Gasteiger charge is 2.04. The number of hydrogen-bond acceptors (Lipinski definition) is 4. The van der Waals surface area contributed by atoms with Crippen LogP contribution >= 0.6 is 11.3 Å². The van der Waals surface area contributed by atoms with Crippen molar-refractivity contribution in [2.45, 2.75) is 13.5 Å². The van der Waals surface area contributed by atoms with Crippen LogP contribution in [0.15, 0.2) is 36.4 Å². The van der Waals surface area contributed by atoms with E-state index in [1.165, 1.54) is 11.3 Å². The summed E-state index contributed by atoms with van der Waals surface area (Å²) < 4.78 is 5.72. The molecular formula is C16H13NO3S. The number of carbonyl (C=O) groups is 1. The van der Waals surface area contributed by atoms with Crippen molar-refractivity contribution in [2.24, 2.45) is 0 Å². The van der Waals surface area contributed by atoms with Gasteiger partial charge in [-0.2, -0.15) is 5.26 Å². The van der Waals surface area contributed by atoms with Crippen LogP contribution in [0, 0.1) is 18.3 Å². The van der Waals surface area contributed by atoms with Crippen molar-refractivity contribution in [3.05, 3.63) is 57.3 Å². The molecule has 5 heteroatoms. The third kappa shape index (κ3) is 4.20. The van der Waals surface area contributed by atoms with Gasteiger partial charge >= 0.3 is 5.97 Å². The monoisotopic (exact) mass is 299 g/mol. The van der Waals surface area contributed by atoms with Gasteiger partial charge in [0.15, 0.2) is 0 Å². The number of hydrogen-bond donors (Lipinski definition) is 1. The lowest BCUT2D eigenvalue weighted by Crippen LogP contribution is -1.95. The molecule has 1 heterocycles. The van der Waals surface area contributed by atoms with Crippen molar-refractivity contribution >= 4 is 23.4 Å². The average molecular weight is 299 g/mol. The van der Waals surface area contributed by atoms with Crippen molar-refractivity contribution in [2.75, 3.05) is 0 Å². The average Bonchev–Trinajstić information content (AvgIpc) is 2.92. The highest BCUT2D eigenvalue weighted by Crippen LogP contribution is 2.23. The van der Waals surface area contributed by atoms with Crippen LogP contribution in [0.1, 0.15) is 20.9 Å². The number of aliphatic carboxylic acids is 1. The largest absolute Gasteiger partial charge is 0.488 e. The lowest BCUT2D eigenvalue weighted by Gasteiger charge is -2.08. The number of ether oxygens (including phenoxy) is 1. The van der Waals surface area contributed by atoms with E-state index in [-0.39, 0.29) is 0 Å². The molecule has 0 amide bonds. The molecule has 0 radical (unpaired) electrons. The molecule has 2 rings (SSSR count). The van der Waals surface area contributed by atoms with Crippen LogP contribution in [-0.2, 0) is 11.4 Å². The summed E-state index contributed by atoms with van der Waals surface area (Å²) in [4.78, 5) is 12.3. The van der Waals surface area contributed by atoms with Crippen LogP contribution in [-0.4, -0.2) is 11.1 Å². The van der Waals surface area contributed by atoms with E-state index in [0.717, 1.165) is 21.4 Å². The third-order valence-electron chi connectivity index (χ3n) is 2.76.